The number of benzene rings is 3. The van der Waals surface area contributed by atoms with Crippen LogP contribution in [0.2, 0.25) is 0 Å². The second-order valence-corrected chi connectivity index (χ2v) is 8.45. The van der Waals surface area contributed by atoms with Crippen LogP contribution in [0.3, 0.4) is 0 Å². The highest BCUT2D eigenvalue weighted by atomic mass is 16.5. The number of aromatic nitrogens is 1. The SMILES string of the molecule is CC(=O)OC[n+]1cccc(CNC(=O)Nc2ccc(OCCc3ccccc3-c3ccccc3)cc2)c1. The van der Waals surface area contributed by atoms with Gasteiger partial charge in [-0.2, -0.15) is 4.57 Å². The quantitative estimate of drug-likeness (QED) is 0.236. The number of amides is 2. The van der Waals surface area contributed by atoms with Gasteiger partial charge in [-0.15, -0.1) is 0 Å². The first-order chi connectivity index (χ1) is 18.1. The van der Waals surface area contributed by atoms with Crippen LogP contribution in [0.4, 0.5) is 10.5 Å². The minimum absolute atomic E-state index is 0.128. The number of anilines is 1. The van der Waals surface area contributed by atoms with Crippen LogP contribution in [0.15, 0.2) is 103 Å². The summed E-state index contributed by atoms with van der Waals surface area (Å²) in [7, 11) is 0. The van der Waals surface area contributed by atoms with Crippen LogP contribution in [0.5, 0.6) is 5.75 Å². The minimum atomic E-state index is -0.347. The molecule has 0 spiro atoms. The van der Waals surface area contributed by atoms with Crippen LogP contribution in [0.25, 0.3) is 11.1 Å². The third-order valence-corrected chi connectivity index (χ3v) is 5.64. The largest absolute Gasteiger partial charge is 0.493 e. The Hall–Kier alpha value is -4.65. The molecule has 37 heavy (non-hydrogen) atoms. The second-order valence-electron chi connectivity index (χ2n) is 8.45. The number of pyridine rings is 1. The van der Waals surface area contributed by atoms with Crippen LogP contribution in [0.1, 0.15) is 18.1 Å². The molecule has 1 aromatic heterocycles. The summed E-state index contributed by atoms with van der Waals surface area (Å²) in [6.45, 7) is 2.37. The fourth-order valence-corrected chi connectivity index (χ4v) is 3.84. The van der Waals surface area contributed by atoms with Gasteiger partial charge in [-0.25, -0.2) is 4.79 Å². The maximum absolute atomic E-state index is 12.3. The molecule has 4 aromatic rings. The molecule has 0 radical (unpaired) electrons. The maximum atomic E-state index is 12.3. The van der Waals surface area contributed by atoms with Crippen molar-refractivity contribution in [2.24, 2.45) is 0 Å². The summed E-state index contributed by atoms with van der Waals surface area (Å²) in [5.41, 5.74) is 5.19. The number of ether oxygens (including phenoxy) is 2. The molecule has 7 nitrogen and oxygen atoms in total. The van der Waals surface area contributed by atoms with Crippen molar-refractivity contribution in [3.05, 3.63) is 115 Å². The molecule has 188 valence electrons. The predicted octanol–water partition coefficient (Wildman–Crippen LogP) is 5.10. The van der Waals surface area contributed by atoms with Crippen molar-refractivity contribution in [3.63, 3.8) is 0 Å². The Morgan fingerprint density at radius 1 is 0.865 bits per heavy atom. The molecule has 7 heteroatoms. The van der Waals surface area contributed by atoms with Gasteiger partial charge in [-0.1, -0.05) is 54.6 Å². The van der Waals surface area contributed by atoms with E-state index in [-0.39, 0.29) is 18.7 Å². The second kappa shape index (κ2) is 12.9. The standard InChI is InChI=1S/C30H29N3O4/c1-23(34)37-22-33-18-7-8-24(21-33)20-31-30(35)32-27-13-15-28(16-14-27)36-19-17-26-11-5-6-12-29(26)25-9-3-2-4-10-25/h2-16,18,21H,17,19-20,22H2,1H3,(H-,31,32,35)/p+1. The van der Waals surface area contributed by atoms with Crippen LogP contribution < -0.4 is 19.9 Å². The molecular weight excluding hydrogens is 466 g/mol. The van der Waals surface area contributed by atoms with Crippen molar-refractivity contribution in [2.75, 3.05) is 11.9 Å². The van der Waals surface area contributed by atoms with Crippen molar-refractivity contribution in [1.82, 2.24) is 5.32 Å². The fraction of sp³-hybridized carbons (Fsp3) is 0.167. The maximum Gasteiger partial charge on any atom is 0.319 e. The molecule has 0 unspecified atom stereocenters. The lowest BCUT2D eigenvalue weighted by Crippen LogP contribution is -2.36. The Bertz CT molecular complexity index is 1320. The first kappa shape index (κ1) is 25.4. The van der Waals surface area contributed by atoms with E-state index in [9.17, 15) is 9.59 Å². The number of carbonyl (C=O) groups is 2. The molecule has 0 aliphatic rings. The molecule has 0 atom stereocenters. The molecule has 0 saturated carbocycles. The Morgan fingerprint density at radius 3 is 2.41 bits per heavy atom. The highest BCUT2D eigenvalue weighted by Gasteiger charge is 2.08. The third-order valence-electron chi connectivity index (χ3n) is 5.64. The zero-order valence-corrected chi connectivity index (χ0v) is 20.7. The van der Waals surface area contributed by atoms with E-state index in [0.717, 1.165) is 17.7 Å². The normalized spacial score (nSPS) is 10.4. The molecule has 0 saturated heterocycles. The van der Waals surface area contributed by atoms with Crippen molar-refractivity contribution >= 4 is 17.7 Å². The summed E-state index contributed by atoms with van der Waals surface area (Å²) in [6, 6.07) is 29.4. The average molecular weight is 497 g/mol. The van der Waals surface area contributed by atoms with E-state index in [1.54, 1.807) is 10.8 Å². The number of urea groups is 1. The Labute approximate surface area is 216 Å². The van der Waals surface area contributed by atoms with Gasteiger partial charge in [-0.05, 0) is 47.0 Å². The van der Waals surface area contributed by atoms with Crippen molar-refractivity contribution in [1.29, 1.82) is 0 Å². The monoisotopic (exact) mass is 496 g/mol. The average Bonchev–Trinajstić information content (AvgIpc) is 2.93. The summed E-state index contributed by atoms with van der Waals surface area (Å²) in [5, 5.41) is 5.64. The van der Waals surface area contributed by atoms with E-state index in [1.807, 2.05) is 66.9 Å². The topological polar surface area (TPSA) is 80.5 Å². The van der Waals surface area contributed by atoms with E-state index in [4.69, 9.17) is 9.47 Å². The lowest BCUT2D eigenvalue weighted by atomic mass is 9.98. The molecule has 1 heterocycles. The van der Waals surface area contributed by atoms with Crippen LogP contribution in [0, 0.1) is 0 Å². The Balaban J connectivity index is 1.23. The molecule has 0 bridgehead atoms. The summed E-state index contributed by atoms with van der Waals surface area (Å²) in [5.74, 6) is 0.394. The number of hydrogen-bond acceptors (Lipinski definition) is 4. The summed E-state index contributed by atoms with van der Waals surface area (Å²) in [6.07, 6.45) is 4.39. The number of hydrogen-bond donors (Lipinski definition) is 2. The van der Waals surface area contributed by atoms with Crippen LogP contribution in [-0.4, -0.2) is 18.6 Å². The van der Waals surface area contributed by atoms with Gasteiger partial charge in [0.15, 0.2) is 12.4 Å². The van der Waals surface area contributed by atoms with E-state index in [0.29, 0.717) is 18.8 Å². The Morgan fingerprint density at radius 2 is 1.62 bits per heavy atom. The molecule has 3 aromatic carbocycles. The van der Waals surface area contributed by atoms with E-state index in [1.165, 1.54) is 23.6 Å². The van der Waals surface area contributed by atoms with Gasteiger partial charge in [0.25, 0.3) is 6.73 Å². The predicted molar refractivity (Wildman–Crippen MR) is 142 cm³/mol. The summed E-state index contributed by atoms with van der Waals surface area (Å²) < 4.78 is 12.7. The van der Waals surface area contributed by atoms with Crippen molar-refractivity contribution < 1.29 is 23.6 Å². The van der Waals surface area contributed by atoms with E-state index < -0.39 is 0 Å². The van der Waals surface area contributed by atoms with Gasteiger partial charge in [-0.3, -0.25) is 4.79 Å². The first-order valence-electron chi connectivity index (χ1n) is 12.1. The van der Waals surface area contributed by atoms with Crippen LogP contribution in [-0.2, 0) is 29.2 Å². The Kier molecular flexibility index (Phi) is 8.86. The fourth-order valence-electron chi connectivity index (χ4n) is 3.84. The molecule has 2 amide bonds. The molecular formula is C30H30N3O4+. The molecule has 0 fully saturated rings. The zero-order valence-electron chi connectivity index (χ0n) is 20.7. The lowest BCUT2D eigenvalue weighted by molar-refractivity contribution is -0.727. The molecule has 2 N–H and O–H groups in total. The smallest absolute Gasteiger partial charge is 0.319 e. The van der Waals surface area contributed by atoms with E-state index >= 15 is 0 Å². The minimum Gasteiger partial charge on any atom is -0.493 e. The highest BCUT2D eigenvalue weighted by Crippen LogP contribution is 2.24. The van der Waals surface area contributed by atoms with Gasteiger partial charge in [0.2, 0.25) is 0 Å². The van der Waals surface area contributed by atoms with Gasteiger partial charge in [0.1, 0.15) is 5.75 Å². The van der Waals surface area contributed by atoms with Crippen molar-refractivity contribution in [3.8, 4) is 16.9 Å². The zero-order chi connectivity index (χ0) is 25.9. The first-order valence-corrected chi connectivity index (χ1v) is 12.1. The molecule has 4 rings (SSSR count). The lowest BCUT2D eigenvalue weighted by Gasteiger charge is -2.12. The number of rotatable bonds is 10. The van der Waals surface area contributed by atoms with Crippen molar-refractivity contribution in [2.45, 2.75) is 26.6 Å². The number of nitrogens with zero attached hydrogens (tertiary/aromatic N) is 1. The number of nitrogens with one attached hydrogen (secondary N) is 2. The summed E-state index contributed by atoms with van der Waals surface area (Å²) >= 11 is 0. The third kappa shape index (κ3) is 7.93. The highest BCUT2D eigenvalue weighted by molar-refractivity contribution is 5.89. The number of carbonyl (C=O) groups excluding carboxylic acids is 2. The number of esters is 1. The van der Waals surface area contributed by atoms with Crippen LogP contribution >= 0.6 is 0 Å². The van der Waals surface area contributed by atoms with E-state index in [2.05, 4.69) is 41.0 Å². The molecule has 0 aliphatic carbocycles. The van der Waals surface area contributed by atoms with Gasteiger partial charge in [0, 0.05) is 30.7 Å². The summed E-state index contributed by atoms with van der Waals surface area (Å²) in [4.78, 5) is 23.3. The molecule has 0 aliphatic heterocycles. The van der Waals surface area contributed by atoms with Gasteiger partial charge in [0.05, 0.1) is 13.2 Å². The van der Waals surface area contributed by atoms with Gasteiger partial charge >= 0.3 is 12.0 Å². The van der Waals surface area contributed by atoms with Gasteiger partial charge < -0.3 is 20.1 Å².